The molecule has 7 N–H and O–H groups in total. The van der Waals surface area contributed by atoms with E-state index in [1.54, 1.807) is 62.3 Å². The van der Waals surface area contributed by atoms with Crippen LogP contribution in [0.4, 0.5) is 24.0 Å². The third kappa shape index (κ3) is 27.5. The van der Waals surface area contributed by atoms with Crippen LogP contribution in [0.2, 0.25) is 0 Å². The average molecular weight is 1460 g/mol. The Morgan fingerprint density at radius 2 is 0.752 bits per heavy atom. The molecule has 0 aliphatic heterocycles. The summed E-state index contributed by atoms with van der Waals surface area (Å²) >= 11 is 0. The van der Waals surface area contributed by atoms with Gasteiger partial charge in [0.15, 0.2) is 0 Å². The van der Waals surface area contributed by atoms with Gasteiger partial charge in [-0.1, -0.05) is 149 Å². The molecule has 105 heavy (non-hydrogen) atoms. The number of carbonyl (C=O) groups excluding carboxylic acids is 10. The van der Waals surface area contributed by atoms with Gasteiger partial charge >= 0.3 is 42.4 Å². The number of alkyl carbamates (subject to hydrolysis) is 4. The van der Waals surface area contributed by atoms with Crippen molar-refractivity contribution in [3.05, 3.63) is 138 Å². The quantitative estimate of drug-likeness (QED) is 0.0114. The first kappa shape index (κ1) is 83.9. The van der Waals surface area contributed by atoms with Gasteiger partial charge in [-0.15, -0.1) is 0 Å². The second-order valence-corrected chi connectivity index (χ2v) is 29.1. The summed E-state index contributed by atoms with van der Waals surface area (Å²) < 4.78 is 38.5. The van der Waals surface area contributed by atoms with Gasteiger partial charge in [0.05, 0.1) is 19.9 Å². The minimum absolute atomic E-state index is 0.0171. The number of fused-ring (bicyclic) bond motifs is 6. The average Bonchev–Trinajstić information content (AvgIpc) is 1.62. The van der Waals surface area contributed by atoms with Crippen LogP contribution in [-0.2, 0) is 63.6 Å². The van der Waals surface area contributed by atoms with Crippen molar-refractivity contribution in [1.29, 1.82) is 0 Å². The number of hydrogen-bond acceptors (Lipinski definition) is 18. The summed E-state index contributed by atoms with van der Waals surface area (Å²) in [5, 5.41) is 19.1. The van der Waals surface area contributed by atoms with Crippen LogP contribution in [0.1, 0.15) is 206 Å². The zero-order valence-corrected chi connectivity index (χ0v) is 63.2. The molecule has 7 amide bonds. The number of ether oxygens (including phenoxy) is 7. The van der Waals surface area contributed by atoms with Crippen molar-refractivity contribution >= 4 is 60.1 Å². The summed E-state index contributed by atoms with van der Waals surface area (Å²) in [7, 11) is 2.52. The number of carbonyl (C=O) groups is 10. The van der Waals surface area contributed by atoms with Crippen LogP contribution < -0.4 is 37.2 Å². The van der Waals surface area contributed by atoms with E-state index < -0.39 is 107 Å². The summed E-state index contributed by atoms with van der Waals surface area (Å²) in [6.07, 6.45) is 7.08. The van der Waals surface area contributed by atoms with E-state index in [2.05, 4.69) is 61.3 Å². The van der Waals surface area contributed by atoms with Crippen molar-refractivity contribution in [3.63, 3.8) is 0 Å². The summed E-state index contributed by atoms with van der Waals surface area (Å²) in [5.74, 6) is -3.38. The highest BCUT2D eigenvalue weighted by molar-refractivity contribution is 5.94. The lowest BCUT2D eigenvalue weighted by atomic mass is 9.98. The second-order valence-electron chi connectivity index (χ2n) is 29.1. The maximum absolute atomic E-state index is 14.3. The first-order valence-corrected chi connectivity index (χ1v) is 36.4. The van der Waals surface area contributed by atoms with Crippen LogP contribution >= 0.6 is 0 Å². The van der Waals surface area contributed by atoms with Crippen molar-refractivity contribution in [1.82, 2.24) is 46.8 Å². The highest BCUT2D eigenvalue weighted by atomic mass is 16.6. The molecule has 1 heterocycles. The van der Waals surface area contributed by atoms with Crippen LogP contribution in [0, 0.1) is 0 Å². The Labute approximate surface area is 617 Å². The molecule has 26 heteroatoms. The lowest BCUT2D eigenvalue weighted by molar-refractivity contribution is -0.146. The largest absolute Gasteiger partial charge is 0.467 e. The molecule has 0 fully saturated rings. The van der Waals surface area contributed by atoms with Gasteiger partial charge in [0.25, 0.3) is 0 Å². The molecule has 2 aliphatic rings. The van der Waals surface area contributed by atoms with E-state index in [9.17, 15) is 47.9 Å². The van der Waals surface area contributed by atoms with Gasteiger partial charge in [-0.05, 0) is 158 Å². The van der Waals surface area contributed by atoms with Gasteiger partial charge < -0.3 is 70.4 Å². The number of aromatic nitrogens is 2. The van der Waals surface area contributed by atoms with Gasteiger partial charge in [-0.3, -0.25) is 14.4 Å². The molecule has 2 aliphatic carbocycles. The highest BCUT2D eigenvalue weighted by Crippen LogP contribution is 2.46. The number of nitrogens with one attached hydrogen (secondary N) is 7. The van der Waals surface area contributed by atoms with Crippen molar-refractivity contribution in [2.45, 2.75) is 231 Å². The van der Waals surface area contributed by atoms with Gasteiger partial charge in [0.1, 0.15) is 66.6 Å². The minimum atomic E-state index is -1.33. The fraction of sp³-hybridized carbons (Fsp3) is 0.532. The monoisotopic (exact) mass is 1460 g/mol. The van der Waals surface area contributed by atoms with Crippen LogP contribution in [0.5, 0.6) is 0 Å². The molecule has 0 bridgehead atoms. The number of nitrogens with zero attached hydrogens (tertiary/aromatic N) is 2. The number of amides is 7. The molecule has 26 nitrogen and oxygen atoms in total. The van der Waals surface area contributed by atoms with E-state index in [-0.39, 0.29) is 56.6 Å². The third-order valence-corrected chi connectivity index (χ3v) is 17.2. The summed E-state index contributed by atoms with van der Waals surface area (Å²) in [6, 6.07) is 26.7. The molecule has 4 aromatic carbocycles. The zero-order chi connectivity index (χ0) is 76.9. The maximum atomic E-state index is 14.3. The standard InChI is InChI=1S/C45H62N6O10.C34H47N3O7/c1-9-10-11-23-36(40(54)58-8)49-38(52)35(22-16-17-24-46-41(55)60-44(2,3)4)48-39(53)37(25-29-26-51(28-47-29)43(57)61-45(5,6)7)50-42(56)59-27-34-32-20-14-12-18-30(32)31-19-13-15-21-33(31)34;1-6-7-8-20-29(31(39)42-5)36-30(38)28(19-13-14-21-35-32(40)44-34(2,3)4)37-33(41)43-22-27-25-17-11-9-15-23(25)24-16-10-12-18-26(24)27/h12-15,18-21,26,28,34-37H,9-11,16-17,22-25,27H2,1-8H3,(H,46,55)(H,48,53)(H,49,52)(H,50,56);9-12,15-18,27-29H,6-8,13-14,19-22H2,1-5H3,(H,35,40)(H,36,38)(H,37,41). The van der Waals surface area contributed by atoms with Crippen molar-refractivity contribution in [2.75, 3.05) is 40.5 Å². The zero-order valence-electron chi connectivity index (χ0n) is 63.2. The molecule has 7 rings (SSSR count). The van der Waals surface area contributed by atoms with E-state index in [4.69, 9.17) is 33.2 Å². The van der Waals surface area contributed by atoms with Crippen molar-refractivity contribution < 1.29 is 81.1 Å². The Morgan fingerprint density at radius 3 is 1.12 bits per heavy atom. The van der Waals surface area contributed by atoms with Crippen molar-refractivity contribution in [3.8, 4) is 22.3 Å². The third-order valence-electron chi connectivity index (χ3n) is 17.2. The Hall–Kier alpha value is -10.0. The van der Waals surface area contributed by atoms with E-state index in [0.717, 1.165) is 81.2 Å². The molecule has 0 saturated heterocycles. The summed E-state index contributed by atoms with van der Waals surface area (Å²) in [6.45, 7) is 20.5. The normalized spacial score (nSPS) is 13.6. The fourth-order valence-corrected chi connectivity index (χ4v) is 12.2. The van der Waals surface area contributed by atoms with E-state index in [1.807, 2.05) is 91.9 Å². The Balaban J connectivity index is 0.000000347. The smallest absolute Gasteiger partial charge is 0.419 e. The molecule has 0 spiro atoms. The lowest BCUT2D eigenvalue weighted by Gasteiger charge is -2.25. The molecule has 0 saturated carbocycles. The first-order chi connectivity index (χ1) is 49.9. The van der Waals surface area contributed by atoms with Crippen LogP contribution in [0.3, 0.4) is 0 Å². The highest BCUT2D eigenvalue weighted by Gasteiger charge is 2.35. The van der Waals surface area contributed by atoms with Crippen LogP contribution in [0.25, 0.3) is 22.3 Å². The number of rotatable bonds is 34. The molecular formula is C79H109N9O17. The van der Waals surface area contributed by atoms with Crippen LogP contribution in [0.15, 0.2) is 110 Å². The molecule has 0 radical (unpaired) electrons. The predicted molar refractivity (Wildman–Crippen MR) is 396 cm³/mol. The van der Waals surface area contributed by atoms with E-state index in [1.165, 1.54) is 26.7 Å². The van der Waals surface area contributed by atoms with Crippen molar-refractivity contribution in [2.24, 2.45) is 0 Å². The Kier molecular flexibility index (Phi) is 32.7. The second kappa shape index (κ2) is 40.9. The number of methoxy groups -OCH3 is 2. The number of unbranched alkanes of at least 4 members (excludes halogenated alkanes) is 6. The SMILES string of the molecule is CCCCCC(NC(=O)C(CCCCNC(=O)OC(C)(C)C)NC(=O)C(Cc1cn(C(=O)OC(C)(C)C)cn1)NC(=O)OCC1c2ccccc2-c2ccccc21)C(=O)OC.CCCCCC(NC(=O)C(CCCCNC(=O)OC(C)(C)C)NC(=O)OCC1c2ccccc2-c2ccccc21)C(=O)OC. The molecular weight excluding hydrogens is 1350 g/mol. The molecule has 572 valence electrons. The number of imidazole rings is 1. The van der Waals surface area contributed by atoms with Gasteiger partial charge in [-0.25, -0.2) is 43.1 Å². The van der Waals surface area contributed by atoms with Gasteiger partial charge in [0, 0.05) is 37.5 Å². The topological polar surface area (TPSA) is 337 Å². The summed E-state index contributed by atoms with van der Waals surface area (Å²) in [4.78, 5) is 135. The maximum Gasteiger partial charge on any atom is 0.419 e. The van der Waals surface area contributed by atoms with Gasteiger partial charge in [0.2, 0.25) is 17.7 Å². The minimum Gasteiger partial charge on any atom is -0.467 e. The van der Waals surface area contributed by atoms with Gasteiger partial charge in [-0.2, -0.15) is 0 Å². The summed E-state index contributed by atoms with van der Waals surface area (Å²) in [5.41, 5.74) is 6.73. The molecule has 5 aromatic rings. The van der Waals surface area contributed by atoms with Crippen LogP contribution in [-0.4, -0.2) is 157 Å². The Bertz CT molecular complexity index is 3630. The van der Waals surface area contributed by atoms with E-state index >= 15 is 0 Å². The first-order valence-electron chi connectivity index (χ1n) is 36.4. The van der Waals surface area contributed by atoms with E-state index in [0.29, 0.717) is 51.5 Å². The molecule has 5 atom stereocenters. The number of esters is 2. The fourth-order valence-electron chi connectivity index (χ4n) is 12.2. The molecule has 1 aromatic heterocycles. The number of benzene rings is 4. The predicted octanol–water partition coefficient (Wildman–Crippen LogP) is 12.4. The Morgan fingerprint density at radius 1 is 0.419 bits per heavy atom. The lowest BCUT2D eigenvalue weighted by Crippen LogP contribution is -2.56. The number of hydrogen-bond donors (Lipinski definition) is 7. The molecule has 5 unspecified atom stereocenters.